The zero-order valence-electron chi connectivity index (χ0n) is 14.9. The SMILES string of the molecule is N#C[C@@H](C(=O)Nc1ccc(C(N)=O)c(Cl)c1)c1nc2scc(C3CC3)c2c(=O)[nH]1. The Morgan fingerprint density at radius 2 is 2.17 bits per heavy atom. The first kappa shape index (κ1) is 19.1. The summed E-state index contributed by atoms with van der Waals surface area (Å²) in [5, 5.41) is 14.6. The van der Waals surface area contributed by atoms with E-state index in [1.165, 1.54) is 29.5 Å². The van der Waals surface area contributed by atoms with Gasteiger partial charge in [0.25, 0.3) is 5.56 Å². The van der Waals surface area contributed by atoms with Crippen LogP contribution in [0.1, 0.15) is 46.4 Å². The van der Waals surface area contributed by atoms with Gasteiger partial charge in [-0.25, -0.2) is 4.98 Å². The molecule has 0 spiro atoms. The van der Waals surface area contributed by atoms with Crippen molar-refractivity contribution in [1.82, 2.24) is 9.97 Å². The average Bonchev–Trinajstić information content (AvgIpc) is 3.41. The first-order valence-corrected chi connectivity index (χ1v) is 9.96. The van der Waals surface area contributed by atoms with E-state index in [1.807, 2.05) is 11.4 Å². The number of nitriles is 1. The summed E-state index contributed by atoms with van der Waals surface area (Å²) in [6, 6.07) is 6.04. The van der Waals surface area contributed by atoms with Crippen molar-refractivity contribution in [2.45, 2.75) is 24.7 Å². The van der Waals surface area contributed by atoms with Gasteiger partial charge < -0.3 is 16.0 Å². The highest BCUT2D eigenvalue weighted by molar-refractivity contribution is 7.16. The molecule has 1 saturated carbocycles. The van der Waals surface area contributed by atoms with E-state index in [0.29, 0.717) is 16.1 Å². The number of halogens is 1. The van der Waals surface area contributed by atoms with E-state index in [0.717, 1.165) is 18.4 Å². The quantitative estimate of drug-likeness (QED) is 0.573. The largest absolute Gasteiger partial charge is 0.366 e. The van der Waals surface area contributed by atoms with Gasteiger partial charge in [0, 0.05) is 5.69 Å². The number of aromatic nitrogens is 2. The van der Waals surface area contributed by atoms with E-state index < -0.39 is 17.7 Å². The van der Waals surface area contributed by atoms with E-state index in [2.05, 4.69) is 15.3 Å². The minimum absolute atomic E-state index is 0.0217. The van der Waals surface area contributed by atoms with Gasteiger partial charge in [0.2, 0.25) is 11.8 Å². The van der Waals surface area contributed by atoms with Gasteiger partial charge >= 0.3 is 0 Å². The van der Waals surface area contributed by atoms with Crippen LogP contribution < -0.4 is 16.6 Å². The molecule has 4 rings (SSSR count). The van der Waals surface area contributed by atoms with Crippen LogP contribution in [0.25, 0.3) is 10.2 Å². The Morgan fingerprint density at radius 3 is 2.79 bits per heavy atom. The second kappa shape index (κ2) is 7.31. The van der Waals surface area contributed by atoms with Crippen molar-refractivity contribution in [2.24, 2.45) is 5.73 Å². The van der Waals surface area contributed by atoms with E-state index in [1.54, 1.807) is 0 Å². The molecule has 1 aliphatic rings. The molecule has 0 unspecified atom stereocenters. The van der Waals surface area contributed by atoms with Crippen molar-refractivity contribution in [3.8, 4) is 6.07 Å². The maximum absolute atomic E-state index is 12.6. The number of hydrogen-bond donors (Lipinski definition) is 3. The summed E-state index contributed by atoms with van der Waals surface area (Å²) in [7, 11) is 0. The number of anilines is 1. The fourth-order valence-electron chi connectivity index (χ4n) is 3.07. The molecular weight excluding hydrogens is 414 g/mol. The molecule has 10 heteroatoms. The smallest absolute Gasteiger partial charge is 0.259 e. The Kier molecular flexibility index (Phi) is 4.82. The van der Waals surface area contributed by atoms with Gasteiger partial charge in [-0.05, 0) is 47.9 Å². The number of primary amides is 1. The fourth-order valence-corrected chi connectivity index (χ4v) is 4.37. The summed E-state index contributed by atoms with van der Waals surface area (Å²) in [5.74, 6) is -2.34. The molecule has 3 aromatic rings. The van der Waals surface area contributed by atoms with Gasteiger partial charge in [0.1, 0.15) is 10.7 Å². The van der Waals surface area contributed by atoms with Crippen LogP contribution in [0.2, 0.25) is 5.02 Å². The summed E-state index contributed by atoms with van der Waals surface area (Å²) < 4.78 is 0. The molecule has 0 radical (unpaired) electrons. The third-order valence-corrected chi connectivity index (χ3v) is 5.88. The molecule has 2 amide bonds. The van der Waals surface area contributed by atoms with Crippen molar-refractivity contribution >= 4 is 50.7 Å². The van der Waals surface area contributed by atoms with Crippen molar-refractivity contribution in [3.05, 3.63) is 55.9 Å². The highest BCUT2D eigenvalue weighted by atomic mass is 35.5. The Hall–Kier alpha value is -3.22. The lowest BCUT2D eigenvalue weighted by Crippen LogP contribution is -2.24. The molecule has 146 valence electrons. The number of aromatic amines is 1. The van der Waals surface area contributed by atoms with Crippen LogP contribution in [0.4, 0.5) is 5.69 Å². The number of fused-ring (bicyclic) bond motifs is 1. The maximum atomic E-state index is 12.6. The minimum Gasteiger partial charge on any atom is -0.366 e. The molecule has 0 aliphatic heterocycles. The van der Waals surface area contributed by atoms with Crippen LogP contribution in [-0.4, -0.2) is 21.8 Å². The third-order valence-electron chi connectivity index (χ3n) is 4.67. The molecule has 2 aromatic heterocycles. The fraction of sp³-hybridized carbons (Fsp3) is 0.211. The zero-order valence-corrected chi connectivity index (χ0v) is 16.4. The molecule has 1 aliphatic carbocycles. The first-order valence-electron chi connectivity index (χ1n) is 8.70. The molecule has 0 saturated heterocycles. The summed E-state index contributed by atoms with van der Waals surface area (Å²) >= 11 is 7.31. The summed E-state index contributed by atoms with van der Waals surface area (Å²) in [5.41, 5.74) is 6.22. The minimum atomic E-state index is -1.33. The molecule has 29 heavy (non-hydrogen) atoms. The number of amides is 2. The zero-order chi connectivity index (χ0) is 20.7. The standard InChI is InChI=1S/C19H14ClN5O3S/c20-13-5-9(3-4-10(13)15(22)26)23-17(27)11(6-21)16-24-18(28)14-12(8-1-2-8)7-29-19(14)25-16/h3-5,7-8,11H,1-2H2,(H2,22,26)(H,23,27)(H,24,25,28)/t11-/m1/s1. The van der Waals surface area contributed by atoms with Crippen LogP contribution >= 0.6 is 22.9 Å². The molecular formula is C19H14ClN5O3S. The van der Waals surface area contributed by atoms with Crippen LogP contribution in [0, 0.1) is 11.3 Å². The number of nitrogens with zero attached hydrogens (tertiary/aromatic N) is 2. The van der Waals surface area contributed by atoms with Gasteiger partial charge in [0.15, 0.2) is 5.92 Å². The lowest BCUT2D eigenvalue weighted by atomic mass is 10.1. The number of benzene rings is 1. The number of thiophene rings is 1. The molecule has 0 bridgehead atoms. The highest BCUT2D eigenvalue weighted by Crippen LogP contribution is 2.44. The molecule has 1 aromatic carbocycles. The van der Waals surface area contributed by atoms with Crippen molar-refractivity contribution in [1.29, 1.82) is 5.26 Å². The number of hydrogen-bond acceptors (Lipinski definition) is 6. The predicted molar refractivity (Wildman–Crippen MR) is 109 cm³/mol. The number of nitrogens with one attached hydrogen (secondary N) is 2. The Labute approximate surface area is 173 Å². The molecule has 1 atom stereocenters. The number of rotatable bonds is 5. The molecule has 4 N–H and O–H groups in total. The average molecular weight is 428 g/mol. The number of H-pyrrole nitrogens is 1. The van der Waals surface area contributed by atoms with E-state index >= 15 is 0 Å². The number of carbonyl (C=O) groups is 2. The summed E-state index contributed by atoms with van der Waals surface area (Å²) in [6.45, 7) is 0. The second-order valence-electron chi connectivity index (χ2n) is 6.71. The van der Waals surface area contributed by atoms with Crippen molar-refractivity contribution in [2.75, 3.05) is 5.32 Å². The predicted octanol–water partition coefficient (Wildman–Crippen LogP) is 2.86. The third kappa shape index (κ3) is 3.60. The lowest BCUT2D eigenvalue weighted by Gasteiger charge is -2.11. The Bertz CT molecular complexity index is 1250. The van der Waals surface area contributed by atoms with Crippen LogP contribution in [0.15, 0.2) is 28.4 Å². The van der Waals surface area contributed by atoms with Crippen LogP contribution in [-0.2, 0) is 4.79 Å². The maximum Gasteiger partial charge on any atom is 0.259 e. The van der Waals surface area contributed by atoms with Gasteiger partial charge in [-0.15, -0.1) is 11.3 Å². The van der Waals surface area contributed by atoms with E-state index in [4.69, 9.17) is 17.3 Å². The van der Waals surface area contributed by atoms with E-state index in [9.17, 15) is 19.6 Å². The second-order valence-corrected chi connectivity index (χ2v) is 7.97. The highest BCUT2D eigenvalue weighted by Gasteiger charge is 2.29. The van der Waals surface area contributed by atoms with Crippen LogP contribution in [0.3, 0.4) is 0 Å². The monoisotopic (exact) mass is 427 g/mol. The number of nitrogens with two attached hydrogens (primary N) is 1. The van der Waals surface area contributed by atoms with Crippen LogP contribution in [0.5, 0.6) is 0 Å². The Morgan fingerprint density at radius 1 is 1.41 bits per heavy atom. The number of carbonyl (C=O) groups excluding carboxylic acids is 2. The van der Waals surface area contributed by atoms with E-state index in [-0.39, 0.29) is 27.7 Å². The summed E-state index contributed by atoms with van der Waals surface area (Å²) in [4.78, 5) is 43.9. The van der Waals surface area contributed by atoms with Gasteiger partial charge in [0.05, 0.1) is 22.0 Å². The van der Waals surface area contributed by atoms with Gasteiger partial charge in [-0.3, -0.25) is 14.4 Å². The van der Waals surface area contributed by atoms with Gasteiger partial charge in [-0.1, -0.05) is 11.6 Å². The first-order chi connectivity index (χ1) is 13.9. The lowest BCUT2D eigenvalue weighted by molar-refractivity contribution is -0.116. The Balaban J connectivity index is 1.62. The molecule has 1 fully saturated rings. The molecule has 8 nitrogen and oxygen atoms in total. The normalized spacial score (nSPS) is 14.3. The van der Waals surface area contributed by atoms with Crippen molar-refractivity contribution in [3.63, 3.8) is 0 Å². The topological polar surface area (TPSA) is 142 Å². The van der Waals surface area contributed by atoms with Crippen molar-refractivity contribution < 1.29 is 9.59 Å². The molecule has 2 heterocycles. The van der Waals surface area contributed by atoms with Gasteiger partial charge in [-0.2, -0.15) is 5.26 Å². The summed E-state index contributed by atoms with van der Waals surface area (Å²) in [6.07, 6.45) is 2.10.